The number of nitrogens with one attached hydrogen (secondary N) is 3. The van der Waals surface area contributed by atoms with Crippen LogP contribution in [0.1, 0.15) is 31.3 Å². The lowest BCUT2D eigenvalue weighted by Crippen LogP contribution is -2.27. The van der Waals surface area contributed by atoms with Gasteiger partial charge in [0.15, 0.2) is 5.76 Å². The van der Waals surface area contributed by atoms with Gasteiger partial charge in [-0.15, -0.1) is 0 Å². The summed E-state index contributed by atoms with van der Waals surface area (Å²) in [5.41, 5.74) is -0.0953. The fourth-order valence-electron chi connectivity index (χ4n) is 2.18. The number of rotatable bonds is 6. The molecule has 1 heterocycles. The quantitative estimate of drug-likeness (QED) is 0.647. The van der Waals surface area contributed by atoms with E-state index in [0.29, 0.717) is 11.4 Å². The van der Waals surface area contributed by atoms with Gasteiger partial charge in [0.25, 0.3) is 15.9 Å². The highest BCUT2D eigenvalue weighted by Crippen LogP contribution is 2.29. The van der Waals surface area contributed by atoms with Crippen LogP contribution in [0, 0.1) is 0 Å². The minimum Gasteiger partial charge on any atom is -0.495 e. The first-order valence-electron chi connectivity index (χ1n) is 8.48. The number of amides is 2. The minimum atomic E-state index is -3.80. The van der Waals surface area contributed by atoms with E-state index in [-0.39, 0.29) is 16.5 Å². The Morgan fingerprint density at radius 3 is 2.34 bits per heavy atom. The smallest absolute Gasteiger partial charge is 0.412 e. The van der Waals surface area contributed by atoms with Crippen LogP contribution in [-0.4, -0.2) is 40.2 Å². The van der Waals surface area contributed by atoms with Crippen molar-refractivity contribution in [3.05, 3.63) is 36.1 Å². The molecule has 10 nitrogen and oxygen atoms in total. The number of sulfonamides is 1. The number of hydrogen-bond acceptors (Lipinski definition) is 7. The van der Waals surface area contributed by atoms with E-state index in [1.54, 1.807) is 32.9 Å². The Kier molecular flexibility index (Phi) is 6.55. The molecule has 0 aliphatic carbocycles. The van der Waals surface area contributed by atoms with Crippen LogP contribution < -0.4 is 20.1 Å². The molecule has 0 bridgehead atoms. The summed E-state index contributed by atoms with van der Waals surface area (Å²) in [5.74, 6) is -0.513. The van der Waals surface area contributed by atoms with Crippen molar-refractivity contribution in [3.8, 4) is 5.75 Å². The number of hydrogen-bond donors (Lipinski definition) is 3. The molecule has 11 heteroatoms. The lowest BCUT2D eigenvalue weighted by atomic mass is 10.2. The van der Waals surface area contributed by atoms with Gasteiger partial charge in [0.05, 0.1) is 12.8 Å². The Morgan fingerprint density at radius 2 is 1.76 bits per heavy atom. The third kappa shape index (κ3) is 5.96. The second-order valence-electron chi connectivity index (χ2n) is 6.82. The number of carbonyl (C=O) groups excluding carboxylic acids is 2. The first-order valence-corrected chi connectivity index (χ1v) is 9.96. The van der Waals surface area contributed by atoms with Gasteiger partial charge in [-0.2, -0.15) is 0 Å². The van der Waals surface area contributed by atoms with Gasteiger partial charge in [-0.25, -0.2) is 17.9 Å². The van der Waals surface area contributed by atoms with Crippen molar-refractivity contribution in [1.29, 1.82) is 0 Å². The molecule has 0 radical (unpaired) electrons. The summed E-state index contributed by atoms with van der Waals surface area (Å²) in [6, 6.07) is 6.97. The number of ether oxygens (including phenoxy) is 2. The van der Waals surface area contributed by atoms with E-state index < -0.39 is 27.6 Å². The summed E-state index contributed by atoms with van der Waals surface area (Å²) in [6.45, 7) is 5.19. The van der Waals surface area contributed by atoms with Gasteiger partial charge in [0, 0.05) is 5.69 Å². The Labute approximate surface area is 168 Å². The van der Waals surface area contributed by atoms with Gasteiger partial charge in [0.2, 0.25) is 5.09 Å². The molecule has 0 aliphatic heterocycles. The third-order valence-corrected chi connectivity index (χ3v) is 4.72. The van der Waals surface area contributed by atoms with Crippen LogP contribution in [0.5, 0.6) is 5.75 Å². The zero-order valence-corrected chi connectivity index (χ0v) is 17.5. The van der Waals surface area contributed by atoms with E-state index in [4.69, 9.17) is 13.9 Å². The summed E-state index contributed by atoms with van der Waals surface area (Å²) < 4.78 is 41.0. The predicted octanol–water partition coefficient (Wildman–Crippen LogP) is 2.80. The molecule has 1 aromatic carbocycles. The fraction of sp³-hybridized carbons (Fsp3) is 0.333. The van der Waals surface area contributed by atoms with Crippen LogP contribution in [0.4, 0.5) is 16.2 Å². The van der Waals surface area contributed by atoms with E-state index in [2.05, 4.69) is 15.4 Å². The van der Waals surface area contributed by atoms with E-state index in [9.17, 15) is 18.0 Å². The van der Waals surface area contributed by atoms with E-state index in [0.717, 1.165) is 0 Å². The molecule has 0 spiro atoms. The molecule has 2 rings (SSSR count). The molecule has 3 N–H and O–H groups in total. The average Bonchev–Trinajstić information content (AvgIpc) is 3.11. The summed E-state index contributed by atoms with van der Waals surface area (Å²) in [7, 11) is -1.14. The maximum absolute atomic E-state index is 12.4. The van der Waals surface area contributed by atoms with Crippen LogP contribution in [0.2, 0.25) is 0 Å². The Bertz CT molecular complexity index is 1010. The van der Waals surface area contributed by atoms with Gasteiger partial charge >= 0.3 is 6.09 Å². The summed E-state index contributed by atoms with van der Waals surface area (Å²) in [6.07, 6.45) is -0.688. The van der Waals surface area contributed by atoms with Crippen molar-refractivity contribution in [2.75, 3.05) is 24.8 Å². The molecule has 0 saturated heterocycles. The minimum absolute atomic E-state index is 0.198. The van der Waals surface area contributed by atoms with Crippen molar-refractivity contribution >= 4 is 33.4 Å². The molecule has 0 atom stereocenters. The van der Waals surface area contributed by atoms with Gasteiger partial charge in [-0.1, -0.05) is 0 Å². The molecule has 1 aromatic heterocycles. The lowest BCUT2D eigenvalue weighted by Gasteiger charge is -2.20. The van der Waals surface area contributed by atoms with Crippen LogP contribution >= 0.6 is 0 Å². The Hall–Kier alpha value is -3.05. The lowest BCUT2D eigenvalue weighted by molar-refractivity contribution is 0.0635. The first-order chi connectivity index (χ1) is 13.4. The number of anilines is 2. The van der Waals surface area contributed by atoms with Gasteiger partial charge in [-0.3, -0.25) is 10.1 Å². The van der Waals surface area contributed by atoms with E-state index >= 15 is 0 Å². The highest BCUT2D eigenvalue weighted by Gasteiger charge is 2.21. The van der Waals surface area contributed by atoms with Crippen LogP contribution in [0.15, 0.2) is 39.8 Å². The normalized spacial score (nSPS) is 11.6. The third-order valence-electron chi connectivity index (χ3n) is 3.43. The topological polar surface area (TPSA) is 136 Å². The molecule has 29 heavy (non-hydrogen) atoms. The maximum atomic E-state index is 12.4. The van der Waals surface area contributed by atoms with Crippen molar-refractivity contribution < 1.29 is 31.9 Å². The summed E-state index contributed by atoms with van der Waals surface area (Å²) >= 11 is 0. The molecular formula is C18H23N3O7S. The van der Waals surface area contributed by atoms with E-state index in [1.165, 1.54) is 32.4 Å². The average molecular weight is 425 g/mol. The maximum Gasteiger partial charge on any atom is 0.412 e. The molecule has 2 amide bonds. The molecule has 0 fully saturated rings. The largest absolute Gasteiger partial charge is 0.495 e. The first kappa shape index (κ1) is 22.2. The predicted molar refractivity (Wildman–Crippen MR) is 106 cm³/mol. The monoisotopic (exact) mass is 425 g/mol. The summed E-state index contributed by atoms with van der Waals surface area (Å²) in [5, 5.41) is 4.73. The van der Waals surface area contributed by atoms with Crippen LogP contribution in [-0.2, 0) is 14.8 Å². The zero-order chi connectivity index (χ0) is 21.8. The van der Waals surface area contributed by atoms with Crippen molar-refractivity contribution in [1.82, 2.24) is 4.72 Å². The number of benzene rings is 1. The van der Waals surface area contributed by atoms with Gasteiger partial charge in [0.1, 0.15) is 11.4 Å². The molecule has 0 aliphatic rings. The zero-order valence-electron chi connectivity index (χ0n) is 16.7. The number of furan rings is 1. The molecule has 2 aromatic rings. The highest BCUT2D eigenvalue weighted by atomic mass is 32.2. The second-order valence-corrected chi connectivity index (χ2v) is 8.64. The van der Waals surface area contributed by atoms with Gasteiger partial charge in [-0.05, 0) is 58.2 Å². The SMILES string of the molecule is CNS(=O)(=O)c1ccc(C(=O)Nc2ccc(OC)c(NC(=O)OC(C)(C)C)c2)o1. The number of carbonyl (C=O) groups is 2. The Balaban J connectivity index is 2.19. The van der Waals surface area contributed by atoms with Crippen molar-refractivity contribution in [2.24, 2.45) is 0 Å². The molecule has 158 valence electrons. The van der Waals surface area contributed by atoms with Gasteiger partial charge < -0.3 is 19.2 Å². The highest BCUT2D eigenvalue weighted by molar-refractivity contribution is 7.89. The van der Waals surface area contributed by atoms with Crippen molar-refractivity contribution in [3.63, 3.8) is 0 Å². The second kappa shape index (κ2) is 8.53. The molecule has 0 saturated carbocycles. The molecular weight excluding hydrogens is 402 g/mol. The Morgan fingerprint density at radius 1 is 1.07 bits per heavy atom. The fourth-order valence-corrected chi connectivity index (χ4v) is 2.82. The number of methoxy groups -OCH3 is 1. The van der Waals surface area contributed by atoms with Crippen LogP contribution in [0.25, 0.3) is 0 Å². The van der Waals surface area contributed by atoms with Crippen LogP contribution in [0.3, 0.4) is 0 Å². The van der Waals surface area contributed by atoms with E-state index in [1.807, 2.05) is 0 Å². The van der Waals surface area contributed by atoms with Crippen molar-refractivity contribution in [2.45, 2.75) is 31.5 Å². The molecule has 0 unspecified atom stereocenters. The standard InChI is InChI=1S/C18H23N3O7S/c1-18(2,3)28-17(23)21-12-10-11(6-7-13(12)26-5)20-16(22)14-8-9-15(27-14)29(24,25)19-4/h6-10,19H,1-5H3,(H,20,22)(H,21,23). The summed E-state index contributed by atoms with van der Waals surface area (Å²) in [4.78, 5) is 24.4.